The molecule has 0 saturated carbocycles. The summed E-state index contributed by atoms with van der Waals surface area (Å²) in [5, 5.41) is 9.89. The van der Waals surface area contributed by atoms with Crippen LogP contribution in [0.15, 0.2) is 18.2 Å². The van der Waals surface area contributed by atoms with Gasteiger partial charge in [-0.15, -0.1) is 0 Å². The van der Waals surface area contributed by atoms with Gasteiger partial charge in [-0.05, 0) is 6.07 Å². The van der Waals surface area contributed by atoms with E-state index in [1.54, 1.807) is 13.1 Å². The minimum atomic E-state index is -0.442. The molecule has 1 radical (unpaired) electrons. The minimum absolute atomic E-state index is 0.206. The predicted molar refractivity (Wildman–Crippen MR) is 41.1 cm³/mol. The maximum absolute atomic E-state index is 12.5. The minimum Gasteiger partial charge on any atom is -0.373 e. The van der Waals surface area contributed by atoms with Crippen LogP contribution >= 0.6 is 0 Å². The van der Waals surface area contributed by atoms with Crippen molar-refractivity contribution < 1.29 is 4.39 Å². The summed E-state index contributed by atoms with van der Waals surface area (Å²) in [6.45, 7) is 0. The van der Waals surface area contributed by atoms with E-state index in [1.807, 2.05) is 0 Å². The lowest BCUT2D eigenvalue weighted by Crippen LogP contribution is -2.17. The Labute approximate surface area is 64.6 Å². The molecule has 0 bridgehead atoms. The molecule has 0 heterocycles. The van der Waals surface area contributed by atoms with E-state index in [2.05, 4.69) is 11.4 Å². The summed E-state index contributed by atoms with van der Waals surface area (Å²) < 4.78 is 12.5. The van der Waals surface area contributed by atoms with Crippen LogP contribution in [0.1, 0.15) is 5.56 Å². The third-order valence-corrected chi connectivity index (χ3v) is 1.31. The molecule has 1 aromatic rings. The van der Waals surface area contributed by atoms with Crippen molar-refractivity contribution in [3.05, 3.63) is 35.6 Å². The van der Waals surface area contributed by atoms with Gasteiger partial charge in [0.25, 0.3) is 0 Å². The van der Waals surface area contributed by atoms with Crippen molar-refractivity contribution >= 4 is 5.84 Å². The van der Waals surface area contributed by atoms with Crippen molar-refractivity contribution in [2.75, 3.05) is 7.05 Å². The molecule has 3 heteroatoms. The van der Waals surface area contributed by atoms with Crippen LogP contribution in [0.4, 0.5) is 4.39 Å². The standard InChI is InChI=1S/C8H8FN2/c1-11-8(10)6-3-2-4-7(9)5-6/h2-3,5H,1H3,(H2,10,11). The van der Waals surface area contributed by atoms with Crippen molar-refractivity contribution in [2.24, 2.45) is 0 Å². The van der Waals surface area contributed by atoms with Crippen molar-refractivity contribution in [2.45, 2.75) is 0 Å². The van der Waals surface area contributed by atoms with Gasteiger partial charge in [0.15, 0.2) is 0 Å². The molecule has 2 nitrogen and oxygen atoms in total. The van der Waals surface area contributed by atoms with Gasteiger partial charge >= 0.3 is 0 Å². The SMILES string of the molecule is CNC(=N)c1cc[c]c(F)c1. The molecule has 0 aromatic heterocycles. The van der Waals surface area contributed by atoms with Crippen LogP contribution in [0.25, 0.3) is 0 Å². The molecule has 0 unspecified atom stereocenters. The lowest BCUT2D eigenvalue weighted by Gasteiger charge is -2.00. The van der Waals surface area contributed by atoms with Gasteiger partial charge < -0.3 is 5.32 Å². The van der Waals surface area contributed by atoms with Crippen LogP contribution in [0.5, 0.6) is 0 Å². The molecular formula is C8H8FN2. The van der Waals surface area contributed by atoms with Crippen LogP contribution in [-0.2, 0) is 0 Å². The highest BCUT2D eigenvalue weighted by Gasteiger charge is 1.98. The maximum Gasteiger partial charge on any atom is 0.131 e. The molecule has 1 aromatic carbocycles. The second-order valence-electron chi connectivity index (χ2n) is 2.05. The molecule has 0 atom stereocenters. The Hall–Kier alpha value is -1.38. The number of rotatable bonds is 1. The summed E-state index contributed by atoms with van der Waals surface area (Å²) in [4.78, 5) is 0. The Morgan fingerprint density at radius 1 is 1.73 bits per heavy atom. The Morgan fingerprint density at radius 3 is 3.00 bits per heavy atom. The fourth-order valence-electron chi connectivity index (χ4n) is 0.737. The van der Waals surface area contributed by atoms with Crippen molar-refractivity contribution in [1.82, 2.24) is 5.32 Å². The molecule has 1 rings (SSSR count). The lowest BCUT2D eigenvalue weighted by atomic mass is 10.2. The summed E-state index contributed by atoms with van der Waals surface area (Å²) in [6, 6.07) is 6.70. The Morgan fingerprint density at radius 2 is 2.45 bits per heavy atom. The topological polar surface area (TPSA) is 35.9 Å². The number of hydrogen-bond donors (Lipinski definition) is 2. The summed E-state index contributed by atoms with van der Waals surface area (Å²) in [7, 11) is 1.62. The summed E-state index contributed by atoms with van der Waals surface area (Å²) in [6.07, 6.45) is 0. The zero-order valence-corrected chi connectivity index (χ0v) is 6.11. The van der Waals surface area contributed by atoms with E-state index in [-0.39, 0.29) is 5.84 Å². The highest BCUT2D eigenvalue weighted by Crippen LogP contribution is 2.01. The molecule has 0 aliphatic carbocycles. The van der Waals surface area contributed by atoms with Gasteiger partial charge in [0.2, 0.25) is 0 Å². The molecule has 0 spiro atoms. The normalized spacial score (nSPS) is 9.27. The zero-order chi connectivity index (χ0) is 8.27. The van der Waals surface area contributed by atoms with Crippen molar-refractivity contribution in [3.8, 4) is 0 Å². The molecule has 0 amide bonds. The van der Waals surface area contributed by atoms with Crippen LogP contribution in [-0.4, -0.2) is 12.9 Å². The van der Waals surface area contributed by atoms with Gasteiger partial charge in [0.05, 0.1) is 0 Å². The molecule has 0 aliphatic rings. The van der Waals surface area contributed by atoms with Crippen LogP contribution in [0, 0.1) is 17.3 Å². The zero-order valence-electron chi connectivity index (χ0n) is 6.11. The fourth-order valence-corrected chi connectivity index (χ4v) is 0.737. The third kappa shape index (κ3) is 1.77. The largest absolute Gasteiger partial charge is 0.373 e. The number of halogens is 1. The average Bonchev–Trinajstić information content (AvgIpc) is 2.03. The third-order valence-electron chi connectivity index (χ3n) is 1.31. The van der Waals surface area contributed by atoms with Gasteiger partial charge in [-0.2, -0.15) is 0 Å². The average molecular weight is 151 g/mol. The van der Waals surface area contributed by atoms with E-state index in [0.29, 0.717) is 5.56 Å². The highest BCUT2D eigenvalue weighted by molar-refractivity contribution is 5.95. The van der Waals surface area contributed by atoms with Gasteiger partial charge in [-0.25, -0.2) is 4.39 Å². The maximum atomic E-state index is 12.5. The second kappa shape index (κ2) is 3.14. The van der Waals surface area contributed by atoms with E-state index in [1.165, 1.54) is 12.1 Å². The van der Waals surface area contributed by atoms with Crippen molar-refractivity contribution in [1.29, 1.82) is 5.41 Å². The first-order valence-electron chi connectivity index (χ1n) is 3.18. The van der Waals surface area contributed by atoms with Crippen LogP contribution in [0.2, 0.25) is 0 Å². The molecule has 0 saturated heterocycles. The fraction of sp³-hybridized carbons (Fsp3) is 0.125. The summed E-state index contributed by atoms with van der Waals surface area (Å²) in [5.74, 6) is -0.236. The Bertz CT molecular complexity index is 271. The highest BCUT2D eigenvalue weighted by atomic mass is 19.1. The second-order valence-corrected chi connectivity index (χ2v) is 2.05. The van der Waals surface area contributed by atoms with Gasteiger partial charge in [-0.3, -0.25) is 5.41 Å². The predicted octanol–water partition coefficient (Wildman–Crippen LogP) is 1.17. The number of amidine groups is 1. The smallest absolute Gasteiger partial charge is 0.131 e. The number of nitrogens with one attached hydrogen (secondary N) is 2. The van der Waals surface area contributed by atoms with E-state index in [9.17, 15) is 4.39 Å². The molecule has 0 aliphatic heterocycles. The number of benzene rings is 1. The van der Waals surface area contributed by atoms with E-state index >= 15 is 0 Å². The van der Waals surface area contributed by atoms with Gasteiger partial charge in [0.1, 0.15) is 11.7 Å². The van der Waals surface area contributed by atoms with Gasteiger partial charge in [-0.1, -0.05) is 12.1 Å². The van der Waals surface area contributed by atoms with Crippen LogP contribution in [0.3, 0.4) is 0 Å². The van der Waals surface area contributed by atoms with E-state index < -0.39 is 5.82 Å². The van der Waals surface area contributed by atoms with E-state index in [4.69, 9.17) is 5.41 Å². The van der Waals surface area contributed by atoms with Crippen LogP contribution < -0.4 is 5.32 Å². The molecule has 2 N–H and O–H groups in total. The first-order chi connectivity index (χ1) is 5.24. The lowest BCUT2D eigenvalue weighted by molar-refractivity contribution is 0.625. The van der Waals surface area contributed by atoms with Crippen molar-refractivity contribution in [3.63, 3.8) is 0 Å². The monoisotopic (exact) mass is 151 g/mol. The molecular weight excluding hydrogens is 143 g/mol. The summed E-state index contributed by atoms with van der Waals surface area (Å²) >= 11 is 0. The molecule has 57 valence electrons. The Kier molecular flexibility index (Phi) is 2.21. The van der Waals surface area contributed by atoms with Gasteiger partial charge in [0, 0.05) is 18.7 Å². The first kappa shape index (κ1) is 7.72. The summed E-state index contributed by atoms with van der Waals surface area (Å²) in [5.41, 5.74) is 0.531. The number of hydrogen-bond acceptors (Lipinski definition) is 1. The Balaban J connectivity index is 2.96. The quantitative estimate of drug-likeness (QED) is 0.458. The van der Waals surface area contributed by atoms with E-state index in [0.717, 1.165) is 0 Å². The molecule has 0 fully saturated rings. The first-order valence-corrected chi connectivity index (χ1v) is 3.18. The molecule has 11 heavy (non-hydrogen) atoms.